The lowest BCUT2D eigenvalue weighted by Crippen LogP contribution is -2.53. The van der Waals surface area contributed by atoms with E-state index in [-0.39, 0.29) is 0 Å². The predicted octanol–water partition coefficient (Wildman–Crippen LogP) is -0.0874. The highest BCUT2D eigenvalue weighted by Gasteiger charge is 2.51. The van der Waals surface area contributed by atoms with Gasteiger partial charge >= 0.3 is 0 Å². The van der Waals surface area contributed by atoms with Crippen molar-refractivity contribution in [3.05, 3.63) is 11.5 Å². The summed E-state index contributed by atoms with van der Waals surface area (Å²) in [6.45, 7) is 1.06. The molecule has 6 heteroatoms. The van der Waals surface area contributed by atoms with E-state index in [1.165, 1.54) is 0 Å². The number of carbonyl (C=O) groups is 2. The fourth-order valence-electron chi connectivity index (χ4n) is 1.14. The second-order valence-corrected chi connectivity index (χ2v) is 3.52. The van der Waals surface area contributed by atoms with Crippen LogP contribution in [0.2, 0.25) is 0 Å². The van der Waals surface area contributed by atoms with Crippen LogP contribution in [0.3, 0.4) is 0 Å². The molecule has 1 aliphatic rings. The summed E-state index contributed by atoms with van der Waals surface area (Å²) in [6, 6.07) is 0. The SMILES string of the molecule is COC1=C(O)C(=O)[C@](C)(O)[C@@H](Cl)C1=O. The zero-order valence-electron chi connectivity index (χ0n) is 7.57. The summed E-state index contributed by atoms with van der Waals surface area (Å²) in [5, 5.41) is 17.3. The third-order valence-electron chi connectivity index (χ3n) is 2.04. The van der Waals surface area contributed by atoms with Crippen molar-refractivity contribution >= 4 is 23.2 Å². The monoisotopic (exact) mass is 220 g/mol. The number of ketones is 2. The van der Waals surface area contributed by atoms with Crippen LogP contribution < -0.4 is 0 Å². The number of methoxy groups -OCH3 is 1. The standard InChI is InChI=1S/C8H9ClO5/c1-8(13)6(9)3(10)5(14-2)4(11)7(8)12/h6,11,13H,1-2H3/t6-,8+/m0/s1. The normalized spacial score (nSPS) is 33.6. The van der Waals surface area contributed by atoms with Gasteiger partial charge in [-0.25, -0.2) is 0 Å². The number of hydrogen-bond donors (Lipinski definition) is 2. The molecule has 5 nitrogen and oxygen atoms in total. The molecule has 0 aromatic carbocycles. The minimum absolute atomic E-state index is 0.512. The number of carbonyl (C=O) groups excluding carboxylic acids is 2. The van der Waals surface area contributed by atoms with Crippen molar-refractivity contribution in [1.29, 1.82) is 0 Å². The molecule has 0 heterocycles. The molecule has 0 fully saturated rings. The molecule has 0 bridgehead atoms. The van der Waals surface area contributed by atoms with Gasteiger partial charge in [0.25, 0.3) is 0 Å². The van der Waals surface area contributed by atoms with E-state index in [2.05, 4.69) is 4.74 Å². The van der Waals surface area contributed by atoms with E-state index in [1.807, 2.05) is 0 Å². The molecule has 2 N–H and O–H groups in total. The summed E-state index contributed by atoms with van der Waals surface area (Å²) in [5.41, 5.74) is -2.09. The smallest absolute Gasteiger partial charge is 0.234 e. The molecule has 0 unspecified atom stereocenters. The maximum Gasteiger partial charge on any atom is 0.234 e. The number of hydrogen-bond acceptors (Lipinski definition) is 5. The molecule has 0 saturated carbocycles. The van der Waals surface area contributed by atoms with Gasteiger partial charge in [-0.1, -0.05) is 0 Å². The van der Waals surface area contributed by atoms with Crippen LogP contribution in [0.4, 0.5) is 0 Å². The Kier molecular flexibility index (Phi) is 2.56. The van der Waals surface area contributed by atoms with Crippen LogP contribution in [-0.4, -0.2) is 39.9 Å². The van der Waals surface area contributed by atoms with Gasteiger partial charge in [0.1, 0.15) is 5.38 Å². The first-order valence-electron chi connectivity index (χ1n) is 3.76. The molecule has 2 atom stereocenters. The van der Waals surface area contributed by atoms with Gasteiger partial charge in [0.15, 0.2) is 5.60 Å². The molecule has 0 aromatic heterocycles. The average Bonchev–Trinajstić information content (AvgIpc) is 2.14. The Morgan fingerprint density at radius 1 is 1.50 bits per heavy atom. The van der Waals surface area contributed by atoms with Crippen molar-refractivity contribution in [3.8, 4) is 0 Å². The van der Waals surface area contributed by atoms with E-state index in [0.29, 0.717) is 0 Å². The lowest BCUT2D eigenvalue weighted by Gasteiger charge is -2.30. The minimum atomic E-state index is -2.09. The van der Waals surface area contributed by atoms with Gasteiger partial charge in [0.05, 0.1) is 7.11 Å². The van der Waals surface area contributed by atoms with Crippen molar-refractivity contribution in [1.82, 2.24) is 0 Å². The third kappa shape index (κ3) is 1.29. The second-order valence-electron chi connectivity index (χ2n) is 3.09. The van der Waals surface area contributed by atoms with Crippen LogP contribution >= 0.6 is 11.6 Å². The molecule has 0 spiro atoms. The van der Waals surface area contributed by atoms with Gasteiger partial charge in [0.2, 0.25) is 23.1 Å². The quantitative estimate of drug-likeness (QED) is 0.604. The van der Waals surface area contributed by atoms with E-state index in [4.69, 9.17) is 11.6 Å². The maximum atomic E-state index is 11.3. The van der Waals surface area contributed by atoms with E-state index in [9.17, 15) is 19.8 Å². The third-order valence-corrected chi connectivity index (χ3v) is 2.66. The van der Waals surface area contributed by atoms with Gasteiger partial charge in [0, 0.05) is 0 Å². The summed E-state index contributed by atoms with van der Waals surface area (Å²) in [5.74, 6) is -3.23. The molecule has 1 rings (SSSR count). The molecule has 78 valence electrons. The van der Waals surface area contributed by atoms with Crippen LogP contribution in [0.5, 0.6) is 0 Å². The van der Waals surface area contributed by atoms with Crippen molar-refractivity contribution in [3.63, 3.8) is 0 Å². The van der Waals surface area contributed by atoms with Gasteiger partial charge in [-0.05, 0) is 6.92 Å². The maximum absolute atomic E-state index is 11.3. The minimum Gasteiger partial charge on any atom is -0.502 e. The Bertz CT molecular complexity index is 331. The highest BCUT2D eigenvalue weighted by atomic mass is 35.5. The number of aliphatic hydroxyl groups is 2. The van der Waals surface area contributed by atoms with Crippen molar-refractivity contribution in [2.45, 2.75) is 17.9 Å². The first kappa shape index (κ1) is 11.0. The molecular formula is C8H9ClO5. The first-order chi connectivity index (χ1) is 6.34. The number of halogens is 1. The Morgan fingerprint density at radius 3 is 2.43 bits per heavy atom. The van der Waals surface area contributed by atoms with E-state index in [0.717, 1.165) is 14.0 Å². The number of Topliss-reactive ketones (excluding diaryl/α,β-unsaturated/α-hetero) is 2. The number of aliphatic hydroxyl groups excluding tert-OH is 1. The highest BCUT2D eigenvalue weighted by Crippen LogP contribution is 2.30. The zero-order chi connectivity index (χ0) is 11.1. The van der Waals surface area contributed by atoms with Gasteiger partial charge in [-0.2, -0.15) is 0 Å². The summed E-state index contributed by atoms with van der Waals surface area (Å²) in [6.07, 6.45) is 0. The Morgan fingerprint density at radius 2 is 2.00 bits per heavy atom. The van der Waals surface area contributed by atoms with E-state index >= 15 is 0 Å². The predicted molar refractivity (Wildman–Crippen MR) is 46.9 cm³/mol. The number of ether oxygens (including phenoxy) is 1. The summed E-state index contributed by atoms with van der Waals surface area (Å²) in [4.78, 5) is 22.6. The Labute approximate surface area is 84.9 Å². The Balaban J connectivity index is 3.31. The number of alkyl halides is 1. The van der Waals surface area contributed by atoms with Crippen LogP contribution in [0, 0.1) is 0 Å². The topological polar surface area (TPSA) is 83.8 Å². The van der Waals surface area contributed by atoms with Gasteiger partial charge in [-0.15, -0.1) is 11.6 Å². The fourth-order valence-corrected chi connectivity index (χ4v) is 1.34. The number of rotatable bonds is 1. The van der Waals surface area contributed by atoms with Gasteiger partial charge in [-0.3, -0.25) is 9.59 Å². The molecule has 14 heavy (non-hydrogen) atoms. The first-order valence-corrected chi connectivity index (χ1v) is 4.20. The molecule has 0 saturated heterocycles. The molecule has 0 amide bonds. The van der Waals surface area contributed by atoms with Gasteiger partial charge < -0.3 is 14.9 Å². The number of allylic oxidation sites excluding steroid dienone is 1. The van der Waals surface area contributed by atoms with Crippen LogP contribution in [0.25, 0.3) is 0 Å². The average molecular weight is 221 g/mol. The molecule has 0 aromatic rings. The van der Waals surface area contributed by atoms with Crippen molar-refractivity contribution in [2.24, 2.45) is 0 Å². The summed E-state index contributed by atoms with van der Waals surface area (Å²) >= 11 is 5.55. The molecule has 0 radical (unpaired) electrons. The molecular weight excluding hydrogens is 212 g/mol. The fraction of sp³-hybridized carbons (Fsp3) is 0.500. The van der Waals surface area contributed by atoms with E-state index in [1.54, 1.807) is 0 Å². The molecule has 1 aliphatic carbocycles. The lowest BCUT2D eigenvalue weighted by atomic mass is 9.86. The lowest BCUT2D eigenvalue weighted by molar-refractivity contribution is -0.142. The van der Waals surface area contributed by atoms with Crippen LogP contribution in [-0.2, 0) is 14.3 Å². The Hall–Kier alpha value is -1.07. The zero-order valence-corrected chi connectivity index (χ0v) is 8.33. The van der Waals surface area contributed by atoms with E-state index < -0.39 is 34.1 Å². The van der Waals surface area contributed by atoms with Crippen molar-refractivity contribution < 1.29 is 24.5 Å². The van der Waals surface area contributed by atoms with Crippen LogP contribution in [0.1, 0.15) is 6.92 Å². The molecule has 0 aliphatic heterocycles. The highest BCUT2D eigenvalue weighted by molar-refractivity contribution is 6.38. The summed E-state index contributed by atoms with van der Waals surface area (Å²) in [7, 11) is 1.13. The summed E-state index contributed by atoms with van der Waals surface area (Å²) < 4.78 is 4.51. The van der Waals surface area contributed by atoms with Crippen molar-refractivity contribution in [2.75, 3.05) is 7.11 Å². The van der Waals surface area contributed by atoms with Crippen LogP contribution in [0.15, 0.2) is 11.5 Å². The second kappa shape index (κ2) is 3.25. The largest absolute Gasteiger partial charge is 0.502 e.